The summed E-state index contributed by atoms with van der Waals surface area (Å²) in [6, 6.07) is 9.50. The van der Waals surface area contributed by atoms with Crippen LogP contribution in [0.15, 0.2) is 34.2 Å². The summed E-state index contributed by atoms with van der Waals surface area (Å²) in [5.41, 5.74) is 1.83. The lowest BCUT2D eigenvalue weighted by Crippen LogP contribution is -2.14. The lowest BCUT2D eigenvalue weighted by atomic mass is 10.1. The third kappa shape index (κ3) is 3.75. The second-order valence-electron chi connectivity index (χ2n) is 4.66. The monoisotopic (exact) mass is 315 g/mol. The van der Waals surface area contributed by atoms with E-state index >= 15 is 0 Å². The molecule has 0 radical (unpaired) electrons. The van der Waals surface area contributed by atoms with Gasteiger partial charge in [-0.1, -0.05) is 43.0 Å². The predicted octanol–water partition coefficient (Wildman–Crippen LogP) is 2.96. The average Bonchev–Trinajstić information content (AvgIpc) is 2.55. The van der Waals surface area contributed by atoms with Crippen molar-refractivity contribution in [1.29, 1.82) is 5.26 Å². The van der Waals surface area contributed by atoms with E-state index in [1.165, 1.54) is 11.8 Å². The van der Waals surface area contributed by atoms with Crippen LogP contribution in [0.25, 0.3) is 11.3 Å². The molecule has 0 atom stereocenters. The zero-order chi connectivity index (χ0) is 15.9. The fraction of sp³-hybridized carbons (Fsp3) is 0.312. The van der Waals surface area contributed by atoms with Crippen LogP contribution in [-0.2, 0) is 11.3 Å². The number of nitrogens with one attached hydrogen (secondary N) is 1. The second-order valence-corrected chi connectivity index (χ2v) is 5.46. The Kier molecular flexibility index (Phi) is 5.75. The van der Waals surface area contributed by atoms with Crippen molar-refractivity contribution in [1.82, 2.24) is 9.97 Å². The van der Waals surface area contributed by atoms with E-state index < -0.39 is 5.56 Å². The molecule has 1 heterocycles. The van der Waals surface area contributed by atoms with E-state index in [2.05, 4.69) is 16.9 Å². The average molecular weight is 315 g/mol. The number of ether oxygens (including phenoxy) is 1. The second kappa shape index (κ2) is 7.78. The quantitative estimate of drug-likeness (QED) is 0.504. The number of rotatable bonds is 6. The van der Waals surface area contributed by atoms with Crippen molar-refractivity contribution >= 4 is 11.8 Å². The van der Waals surface area contributed by atoms with Gasteiger partial charge in [0.2, 0.25) is 0 Å². The highest BCUT2D eigenvalue weighted by molar-refractivity contribution is 7.98. The van der Waals surface area contributed by atoms with Gasteiger partial charge < -0.3 is 9.72 Å². The predicted molar refractivity (Wildman–Crippen MR) is 86.7 cm³/mol. The highest BCUT2D eigenvalue weighted by atomic mass is 32.2. The number of nitrogens with zero attached hydrogens (tertiary/aromatic N) is 2. The van der Waals surface area contributed by atoms with Crippen molar-refractivity contribution in [3.63, 3.8) is 0 Å². The fourth-order valence-electron chi connectivity index (χ4n) is 1.96. The van der Waals surface area contributed by atoms with Crippen molar-refractivity contribution in [2.75, 3.05) is 12.9 Å². The summed E-state index contributed by atoms with van der Waals surface area (Å²) in [5, 5.41) is 9.68. The maximum Gasteiger partial charge on any atom is 0.270 e. The largest absolute Gasteiger partial charge is 0.377 e. The molecule has 1 aromatic carbocycles. The van der Waals surface area contributed by atoms with Crippen molar-refractivity contribution in [2.24, 2.45) is 0 Å². The molecular weight excluding hydrogens is 298 g/mol. The van der Waals surface area contributed by atoms with Crippen molar-refractivity contribution in [2.45, 2.75) is 25.1 Å². The van der Waals surface area contributed by atoms with Gasteiger partial charge in [-0.05, 0) is 18.2 Å². The van der Waals surface area contributed by atoms with Gasteiger partial charge in [0.1, 0.15) is 11.6 Å². The Morgan fingerprint density at radius 3 is 2.68 bits per heavy atom. The maximum absolute atomic E-state index is 11.9. The molecule has 0 fully saturated rings. The standard InChI is InChI=1S/C16H17N3O2S/c1-3-8-21-10-11-4-6-12(7-5-11)14-13(9-17)15(20)19-16(18-14)22-2/h4-7H,3,8,10H2,1-2H3,(H,18,19,20). The van der Waals surface area contributed by atoms with Crippen molar-refractivity contribution in [3.05, 3.63) is 45.7 Å². The van der Waals surface area contributed by atoms with E-state index in [0.717, 1.165) is 24.2 Å². The number of thioether (sulfide) groups is 1. The van der Waals surface area contributed by atoms with Gasteiger partial charge in [0.25, 0.3) is 5.56 Å². The number of H-pyrrole nitrogens is 1. The summed E-state index contributed by atoms with van der Waals surface area (Å²) in [6.07, 6.45) is 2.81. The molecule has 2 aromatic rings. The Morgan fingerprint density at radius 1 is 1.36 bits per heavy atom. The third-order valence-corrected chi connectivity index (χ3v) is 3.63. The molecule has 5 nitrogen and oxygen atoms in total. The normalized spacial score (nSPS) is 10.4. The molecule has 1 aromatic heterocycles. The van der Waals surface area contributed by atoms with Crippen LogP contribution >= 0.6 is 11.8 Å². The first-order chi connectivity index (χ1) is 10.7. The van der Waals surface area contributed by atoms with Crippen LogP contribution in [0.5, 0.6) is 0 Å². The topological polar surface area (TPSA) is 78.8 Å². The van der Waals surface area contributed by atoms with E-state index in [4.69, 9.17) is 4.74 Å². The fourth-order valence-corrected chi connectivity index (χ4v) is 2.33. The van der Waals surface area contributed by atoms with Crippen LogP contribution in [0.4, 0.5) is 0 Å². The minimum Gasteiger partial charge on any atom is -0.377 e. The number of hydrogen-bond donors (Lipinski definition) is 1. The lowest BCUT2D eigenvalue weighted by molar-refractivity contribution is 0.121. The lowest BCUT2D eigenvalue weighted by Gasteiger charge is -2.07. The first-order valence-corrected chi connectivity index (χ1v) is 8.17. The summed E-state index contributed by atoms with van der Waals surface area (Å²) >= 11 is 1.33. The van der Waals surface area contributed by atoms with Crippen molar-refractivity contribution in [3.8, 4) is 17.3 Å². The molecule has 0 saturated carbocycles. The first-order valence-electron chi connectivity index (χ1n) is 6.95. The summed E-state index contributed by atoms with van der Waals surface area (Å²) in [4.78, 5) is 18.9. The van der Waals surface area contributed by atoms with Crippen LogP contribution in [0, 0.1) is 11.3 Å². The zero-order valence-electron chi connectivity index (χ0n) is 12.5. The van der Waals surface area contributed by atoms with Crippen LogP contribution in [0.3, 0.4) is 0 Å². The van der Waals surface area contributed by atoms with Crippen LogP contribution in [0.2, 0.25) is 0 Å². The molecule has 0 aliphatic heterocycles. The Labute approximate surface area is 133 Å². The number of benzene rings is 1. The molecule has 0 unspecified atom stereocenters. The Morgan fingerprint density at radius 2 is 2.09 bits per heavy atom. The highest BCUT2D eigenvalue weighted by Crippen LogP contribution is 2.21. The minimum atomic E-state index is -0.410. The number of hydrogen-bond acceptors (Lipinski definition) is 5. The maximum atomic E-state index is 11.9. The van der Waals surface area contributed by atoms with Gasteiger partial charge in [-0.15, -0.1) is 0 Å². The van der Waals surface area contributed by atoms with Crippen LogP contribution < -0.4 is 5.56 Å². The van der Waals surface area contributed by atoms with Gasteiger partial charge in [0.05, 0.1) is 12.3 Å². The molecule has 22 heavy (non-hydrogen) atoms. The number of aromatic amines is 1. The molecule has 0 bridgehead atoms. The van der Waals surface area contributed by atoms with Crippen molar-refractivity contribution < 1.29 is 4.74 Å². The molecule has 0 saturated heterocycles. The molecule has 0 aliphatic rings. The molecule has 0 aliphatic carbocycles. The van der Waals surface area contributed by atoms with Crippen LogP contribution in [-0.4, -0.2) is 22.8 Å². The number of nitriles is 1. The number of aromatic nitrogens is 2. The molecule has 1 N–H and O–H groups in total. The van der Waals surface area contributed by atoms with Gasteiger partial charge in [-0.2, -0.15) is 5.26 Å². The highest BCUT2D eigenvalue weighted by Gasteiger charge is 2.13. The van der Waals surface area contributed by atoms with Gasteiger partial charge in [0, 0.05) is 12.2 Å². The van der Waals surface area contributed by atoms with E-state index in [-0.39, 0.29) is 5.56 Å². The van der Waals surface area contributed by atoms with E-state index in [9.17, 15) is 10.1 Å². The van der Waals surface area contributed by atoms with Gasteiger partial charge in [0.15, 0.2) is 5.16 Å². The summed E-state index contributed by atoms with van der Waals surface area (Å²) in [5.74, 6) is 0. The Balaban J connectivity index is 2.34. The van der Waals surface area contributed by atoms with E-state index in [0.29, 0.717) is 17.5 Å². The minimum absolute atomic E-state index is 0.0350. The molecule has 114 valence electrons. The summed E-state index contributed by atoms with van der Waals surface area (Å²) in [7, 11) is 0. The molecule has 2 rings (SSSR count). The SMILES string of the molecule is CCCOCc1ccc(-c2nc(SC)[nH]c(=O)c2C#N)cc1. The third-order valence-electron chi connectivity index (χ3n) is 3.05. The summed E-state index contributed by atoms with van der Waals surface area (Å²) < 4.78 is 5.49. The Bertz CT molecular complexity index is 733. The van der Waals surface area contributed by atoms with Gasteiger partial charge in [-0.3, -0.25) is 4.79 Å². The smallest absolute Gasteiger partial charge is 0.270 e. The molecular formula is C16H17N3O2S. The molecule has 6 heteroatoms. The molecule has 0 amide bonds. The molecule has 0 spiro atoms. The first kappa shape index (κ1) is 16.3. The summed E-state index contributed by atoms with van der Waals surface area (Å²) in [6.45, 7) is 3.35. The van der Waals surface area contributed by atoms with Crippen LogP contribution in [0.1, 0.15) is 24.5 Å². The van der Waals surface area contributed by atoms with E-state index in [1.54, 1.807) is 0 Å². The Hall–Kier alpha value is -2.10. The van der Waals surface area contributed by atoms with E-state index in [1.807, 2.05) is 36.6 Å². The zero-order valence-corrected chi connectivity index (χ0v) is 13.4. The van der Waals surface area contributed by atoms with Gasteiger partial charge >= 0.3 is 0 Å². The van der Waals surface area contributed by atoms with Gasteiger partial charge in [-0.25, -0.2) is 4.98 Å².